The summed E-state index contributed by atoms with van der Waals surface area (Å²) in [4.78, 5) is 9.81. The fraction of sp³-hybridized carbons (Fsp3) is 0.947. The molecule has 0 aromatic carbocycles. The maximum atomic E-state index is 5.11. The average molecular weight is 483 g/mol. The van der Waals surface area contributed by atoms with Crippen molar-refractivity contribution in [3.8, 4) is 0 Å². The second-order valence-electron chi connectivity index (χ2n) is 7.35. The van der Waals surface area contributed by atoms with E-state index in [0.717, 1.165) is 51.7 Å². The van der Waals surface area contributed by atoms with Crippen LogP contribution in [0.15, 0.2) is 4.99 Å². The lowest BCUT2D eigenvalue weighted by Gasteiger charge is -2.29. The van der Waals surface area contributed by atoms with Gasteiger partial charge in [0.2, 0.25) is 0 Å². The third-order valence-corrected chi connectivity index (χ3v) is 4.83. The Morgan fingerprint density at radius 1 is 1.19 bits per heavy atom. The molecule has 1 heterocycles. The largest absolute Gasteiger partial charge is 0.385 e. The van der Waals surface area contributed by atoms with Gasteiger partial charge in [-0.15, -0.1) is 24.0 Å². The molecule has 1 aliphatic rings. The van der Waals surface area contributed by atoms with Gasteiger partial charge in [-0.2, -0.15) is 0 Å². The standard InChI is InChI=1S/C19H41N5O.HI/c1-6-20-19(21-10-14-23(4)11-9-15-25-5)22-16-18(17(2)3)24-12-7-8-13-24;/h17-18H,6-16H2,1-5H3,(H2,20,21,22);1H. The van der Waals surface area contributed by atoms with E-state index >= 15 is 0 Å². The fourth-order valence-corrected chi connectivity index (χ4v) is 3.30. The highest BCUT2D eigenvalue weighted by atomic mass is 127. The number of likely N-dealkylation sites (N-methyl/N-ethyl adjacent to an activating group) is 1. The van der Waals surface area contributed by atoms with Crippen molar-refractivity contribution in [3.63, 3.8) is 0 Å². The molecular formula is C19H42IN5O. The van der Waals surface area contributed by atoms with Gasteiger partial charge in [0.05, 0.1) is 6.54 Å². The summed E-state index contributed by atoms with van der Waals surface area (Å²) in [5.74, 6) is 1.58. The van der Waals surface area contributed by atoms with E-state index in [-0.39, 0.29) is 24.0 Å². The van der Waals surface area contributed by atoms with Crippen LogP contribution in [-0.4, -0.2) is 88.4 Å². The Balaban J connectivity index is 0.00000625. The van der Waals surface area contributed by atoms with E-state index < -0.39 is 0 Å². The van der Waals surface area contributed by atoms with Crippen LogP contribution < -0.4 is 10.6 Å². The lowest BCUT2D eigenvalue weighted by Crippen LogP contribution is -2.43. The predicted molar refractivity (Wildman–Crippen MR) is 123 cm³/mol. The molecule has 0 bridgehead atoms. The van der Waals surface area contributed by atoms with Crippen LogP contribution in [0.25, 0.3) is 0 Å². The Bertz CT molecular complexity index is 362. The summed E-state index contributed by atoms with van der Waals surface area (Å²) in [6, 6.07) is 0.551. The van der Waals surface area contributed by atoms with Crippen molar-refractivity contribution in [2.24, 2.45) is 10.9 Å². The number of nitrogens with one attached hydrogen (secondary N) is 2. The van der Waals surface area contributed by atoms with Crippen molar-refractivity contribution >= 4 is 29.9 Å². The smallest absolute Gasteiger partial charge is 0.191 e. The number of methoxy groups -OCH3 is 1. The van der Waals surface area contributed by atoms with E-state index in [1.807, 2.05) is 0 Å². The number of rotatable bonds is 12. The summed E-state index contributed by atoms with van der Waals surface area (Å²) < 4.78 is 5.11. The SMILES string of the molecule is CCNC(=NCC(C(C)C)N1CCCC1)NCCN(C)CCCOC.I. The molecule has 1 aliphatic heterocycles. The zero-order chi connectivity index (χ0) is 18.5. The summed E-state index contributed by atoms with van der Waals surface area (Å²) in [6.45, 7) is 14.8. The van der Waals surface area contributed by atoms with E-state index in [1.165, 1.54) is 25.9 Å². The Kier molecular flexibility index (Phi) is 15.8. The van der Waals surface area contributed by atoms with E-state index in [2.05, 4.69) is 48.3 Å². The molecule has 1 fully saturated rings. The zero-order valence-corrected chi connectivity index (χ0v) is 19.9. The molecule has 1 saturated heterocycles. The van der Waals surface area contributed by atoms with Crippen LogP contribution >= 0.6 is 24.0 Å². The number of ether oxygens (including phenoxy) is 1. The quantitative estimate of drug-likeness (QED) is 0.193. The average Bonchev–Trinajstić information content (AvgIpc) is 3.09. The number of nitrogens with zero attached hydrogens (tertiary/aromatic N) is 3. The first-order chi connectivity index (χ1) is 12.1. The van der Waals surface area contributed by atoms with Crippen molar-refractivity contribution in [1.29, 1.82) is 0 Å². The minimum Gasteiger partial charge on any atom is -0.385 e. The highest BCUT2D eigenvalue weighted by Crippen LogP contribution is 2.17. The van der Waals surface area contributed by atoms with Gasteiger partial charge in [-0.25, -0.2) is 0 Å². The van der Waals surface area contributed by atoms with Crippen LogP contribution in [0.1, 0.15) is 40.0 Å². The number of hydrogen-bond acceptors (Lipinski definition) is 4. The molecule has 6 nitrogen and oxygen atoms in total. The van der Waals surface area contributed by atoms with Crippen molar-refractivity contribution in [2.45, 2.75) is 46.1 Å². The van der Waals surface area contributed by atoms with Gasteiger partial charge in [-0.05, 0) is 52.2 Å². The third-order valence-electron chi connectivity index (χ3n) is 4.83. The maximum Gasteiger partial charge on any atom is 0.191 e. The Labute approximate surface area is 178 Å². The van der Waals surface area contributed by atoms with Crippen LogP contribution in [0.5, 0.6) is 0 Å². The normalized spacial score (nSPS) is 16.8. The molecular weight excluding hydrogens is 441 g/mol. The lowest BCUT2D eigenvalue weighted by molar-refractivity contribution is 0.180. The predicted octanol–water partition coefficient (Wildman–Crippen LogP) is 2.25. The highest BCUT2D eigenvalue weighted by molar-refractivity contribution is 14.0. The maximum absolute atomic E-state index is 5.11. The number of likely N-dealkylation sites (tertiary alicyclic amines) is 1. The second-order valence-corrected chi connectivity index (χ2v) is 7.35. The van der Waals surface area contributed by atoms with Gasteiger partial charge in [0.25, 0.3) is 0 Å². The van der Waals surface area contributed by atoms with Crippen LogP contribution in [0.4, 0.5) is 0 Å². The number of halogens is 1. The first-order valence-electron chi connectivity index (χ1n) is 10.0. The van der Waals surface area contributed by atoms with E-state index in [9.17, 15) is 0 Å². The van der Waals surface area contributed by atoms with E-state index in [4.69, 9.17) is 9.73 Å². The number of guanidine groups is 1. The molecule has 7 heteroatoms. The van der Waals surface area contributed by atoms with Gasteiger partial charge < -0.3 is 20.3 Å². The molecule has 0 aromatic rings. The number of hydrogen-bond donors (Lipinski definition) is 2. The summed E-state index contributed by atoms with van der Waals surface area (Å²) in [5.41, 5.74) is 0. The minimum atomic E-state index is 0. The molecule has 0 amide bonds. The molecule has 1 atom stereocenters. The van der Waals surface area contributed by atoms with Gasteiger partial charge in [0, 0.05) is 45.9 Å². The zero-order valence-electron chi connectivity index (χ0n) is 17.6. The number of aliphatic imine (C=N–C) groups is 1. The van der Waals surface area contributed by atoms with Crippen molar-refractivity contribution in [2.75, 3.05) is 66.6 Å². The van der Waals surface area contributed by atoms with Gasteiger partial charge in [0.15, 0.2) is 5.96 Å². The summed E-state index contributed by atoms with van der Waals surface area (Å²) in [6.07, 6.45) is 3.74. The minimum absolute atomic E-state index is 0. The van der Waals surface area contributed by atoms with Crippen LogP contribution in [0.3, 0.4) is 0 Å². The van der Waals surface area contributed by atoms with Crippen molar-refractivity contribution in [3.05, 3.63) is 0 Å². The lowest BCUT2D eigenvalue weighted by atomic mass is 10.0. The molecule has 2 N–H and O–H groups in total. The van der Waals surface area contributed by atoms with Gasteiger partial charge in [-0.1, -0.05) is 13.8 Å². The Morgan fingerprint density at radius 2 is 1.88 bits per heavy atom. The first kappa shape index (κ1) is 25.9. The monoisotopic (exact) mass is 483 g/mol. The topological polar surface area (TPSA) is 52.1 Å². The van der Waals surface area contributed by atoms with Crippen molar-refractivity contribution in [1.82, 2.24) is 20.4 Å². The fourth-order valence-electron chi connectivity index (χ4n) is 3.30. The Morgan fingerprint density at radius 3 is 2.46 bits per heavy atom. The second kappa shape index (κ2) is 15.9. The molecule has 0 radical (unpaired) electrons. The molecule has 156 valence electrons. The van der Waals surface area contributed by atoms with Gasteiger partial charge in [-0.3, -0.25) is 9.89 Å². The molecule has 0 aromatic heterocycles. The molecule has 0 saturated carbocycles. The first-order valence-corrected chi connectivity index (χ1v) is 10.0. The Hall–Kier alpha value is -0.120. The summed E-state index contributed by atoms with van der Waals surface area (Å²) >= 11 is 0. The van der Waals surface area contributed by atoms with E-state index in [1.54, 1.807) is 7.11 Å². The van der Waals surface area contributed by atoms with Crippen LogP contribution in [-0.2, 0) is 4.74 Å². The molecule has 1 rings (SSSR count). The van der Waals surface area contributed by atoms with Crippen LogP contribution in [0, 0.1) is 5.92 Å². The van der Waals surface area contributed by atoms with Gasteiger partial charge >= 0.3 is 0 Å². The molecule has 26 heavy (non-hydrogen) atoms. The van der Waals surface area contributed by atoms with E-state index in [0.29, 0.717) is 12.0 Å². The van der Waals surface area contributed by atoms with Crippen LogP contribution in [0.2, 0.25) is 0 Å². The molecule has 0 spiro atoms. The third kappa shape index (κ3) is 10.9. The highest BCUT2D eigenvalue weighted by Gasteiger charge is 2.24. The summed E-state index contributed by atoms with van der Waals surface area (Å²) in [5, 5.41) is 6.85. The summed E-state index contributed by atoms with van der Waals surface area (Å²) in [7, 11) is 3.91. The van der Waals surface area contributed by atoms with Gasteiger partial charge in [0.1, 0.15) is 0 Å². The molecule has 0 aliphatic carbocycles. The van der Waals surface area contributed by atoms with Crippen molar-refractivity contribution < 1.29 is 4.74 Å². The molecule has 1 unspecified atom stereocenters.